The lowest BCUT2D eigenvalue weighted by molar-refractivity contribution is -0.122. The van der Waals surface area contributed by atoms with Gasteiger partial charge in [0.2, 0.25) is 5.91 Å². The summed E-state index contributed by atoms with van der Waals surface area (Å²) in [6.45, 7) is 3.11. The van der Waals surface area contributed by atoms with Gasteiger partial charge < -0.3 is 15.4 Å². The van der Waals surface area contributed by atoms with Gasteiger partial charge in [-0.25, -0.2) is 0 Å². The highest BCUT2D eigenvalue weighted by Crippen LogP contribution is 2.25. The molecule has 0 saturated carbocycles. The first-order valence-electron chi connectivity index (χ1n) is 6.04. The second-order valence-electron chi connectivity index (χ2n) is 4.37. The maximum atomic E-state index is 11.7. The van der Waals surface area contributed by atoms with E-state index in [9.17, 15) is 4.79 Å². The van der Waals surface area contributed by atoms with Gasteiger partial charge in [0.25, 0.3) is 0 Å². The summed E-state index contributed by atoms with van der Waals surface area (Å²) in [5, 5.41) is 6.94. The first kappa shape index (κ1) is 15.1. The van der Waals surface area contributed by atoms with E-state index >= 15 is 0 Å². The van der Waals surface area contributed by atoms with E-state index in [1.54, 1.807) is 0 Å². The van der Waals surface area contributed by atoms with Crippen molar-refractivity contribution in [2.75, 3.05) is 32.1 Å². The highest BCUT2D eigenvalue weighted by atomic mass is 35.5. The minimum atomic E-state index is 0. The number of hydrogen-bond acceptors (Lipinski definition) is 4. The number of carbonyl (C=O) groups is 1. The van der Waals surface area contributed by atoms with E-state index < -0.39 is 0 Å². The second kappa shape index (κ2) is 8.19. The summed E-state index contributed by atoms with van der Waals surface area (Å²) in [6, 6.07) is 0.199. The lowest BCUT2D eigenvalue weighted by atomic mass is 10.2. The van der Waals surface area contributed by atoms with Gasteiger partial charge in [-0.3, -0.25) is 4.79 Å². The topological polar surface area (TPSA) is 50.4 Å². The number of nitrogens with one attached hydrogen (secondary N) is 2. The first-order chi connectivity index (χ1) is 7.84. The number of halogens is 1. The highest BCUT2D eigenvalue weighted by Gasteiger charge is 2.19. The molecule has 2 aliphatic heterocycles. The van der Waals surface area contributed by atoms with Crippen molar-refractivity contribution in [1.29, 1.82) is 0 Å². The number of ether oxygens (including phenoxy) is 1. The Labute approximate surface area is 113 Å². The van der Waals surface area contributed by atoms with E-state index in [4.69, 9.17) is 4.74 Å². The predicted octanol–water partition coefficient (Wildman–Crippen LogP) is 0.798. The van der Waals surface area contributed by atoms with E-state index in [2.05, 4.69) is 10.6 Å². The summed E-state index contributed by atoms with van der Waals surface area (Å²) in [7, 11) is 0. The Morgan fingerprint density at radius 1 is 1.53 bits per heavy atom. The third-order valence-corrected chi connectivity index (χ3v) is 4.38. The Hall–Kier alpha value is 0.0300. The molecule has 4 nitrogen and oxygen atoms in total. The summed E-state index contributed by atoms with van der Waals surface area (Å²) < 4.78 is 5.31. The van der Waals surface area contributed by atoms with Gasteiger partial charge in [-0.2, -0.15) is 11.8 Å². The average molecular weight is 281 g/mol. The zero-order valence-electron chi connectivity index (χ0n) is 9.94. The van der Waals surface area contributed by atoms with Gasteiger partial charge in [0.15, 0.2) is 0 Å². The molecule has 2 heterocycles. The number of morpholine rings is 1. The molecule has 0 aliphatic carbocycles. The van der Waals surface area contributed by atoms with Crippen LogP contribution < -0.4 is 10.6 Å². The largest absolute Gasteiger partial charge is 0.378 e. The molecule has 0 spiro atoms. The van der Waals surface area contributed by atoms with Crippen LogP contribution in [-0.4, -0.2) is 49.3 Å². The van der Waals surface area contributed by atoms with Gasteiger partial charge in [0.05, 0.1) is 13.2 Å². The van der Waals surface area contributed by atoms with Crippen LogP contribution in [-0.2, 0) is 9.53 Å². The van der Waals surface area contributed by atoms with Crippen LogP contribution in [0.1, 0.15) is 19.3 Å². The van der Waals surface area contributed by atoms with Crippen molar-refractivity contribution in [3.05, 3.63) is 0 Å². The lowest BCUT2D eigenvalue weighted by Gasteiger charge is -2.23. The average Bonchev–Trinajstić information content (AvgIpc) is 2.81. The van der Waals surface area contributed by atoms with Gasteiger partial charge >= 0.3 is 0 Å². The van der Waals surface area contributed by atoms with E-state index in [0.29, 0.717) is 18.3 Å². The third-order valence-electron chi connectivity index (χ3n) is 2.98. The van der Waals surface area contributed by atoms with Crippen LogP contribution >= 0.6 is 24.2 Å². The third kappa shape index (κ3) is 5.46. The summed E-state index contributed by atoms with van der Waals surface area (Å²) in [5.74, 6) is 1.40. The monoisotopic (exact) mass is 280 g/mol. The molecule has 0 radical (unpaired) electrons. The summed E-state index contributed by atoms with van der Waals surface area (Å²) in [5.41, 5.74) is 0. The fourth-order valence-electron chi connectivity index (χ4n) is 2.08. The molecule has 0 aromatic heterocycles. The van der Waals surface area contributed by atoms with E-state index in [1.807, 2.05) is 11.8 Å². The van der Waals surface area contributed by atoms with Crippen molar-refractivity contribution in [3.8, 4) is 0 Å². The van der Waals surface area contributed by atoms with Crippen molar-refractivity contribution in [2.45, 2.75) is 30.6 Å². The Bertz CT molecular complexity index is 232. The van der Waals surface area contributed by atoms with Crippen LogP contribution in [0.4, 0.5) is 0 Å². The summed E-state index contributed by atoms with van der Waals surface area (Å²) in [4.78, 5) is 11.7. The fourth-order valence-corrected chi connectivity index (χ4v) is 3.28. The second-order valence-corrected chi connectivity index (χ2v) is 5.78. The molecule has 2 unspecified atom stereocenters. The molecule has 2 saturated heterocycles. The van der Waals surface area contributed by atoms with Crippen molar-refractivity contribution < 1.29 is 9.53 Å². The minimum absolute atomic E-state index is 0. The lowest BCUT2D eigenvalue weighted by Crippen LogP contribution is -2.44. The number of thioether (sulfide) groups is 1. The quantitative estimate of drug-likeness (QED) is 0.800. The molecule has 17 heavy (non-hydrogen) atoms. The van der Waals surface area contributed by atoms with Crippen molar-refractivity contribution in [1.82, 2.24) is 10.6 Å². The number of hydrogen-bond donors (Lipinski definition) is 2. The first-order valence-corrected chi connectivity index (χ1v) is 7.09. The maximum Gasteiger partial charge on any atom is 0.221 e. The SMILES string of the molecule is Cl.O=C(CC1COCCN1)NCC1CCCS1. The van der Waals surface area contributed by atoms with Crippen LogP contribution in [0, 0.1) is 0 Å². The van der Waals surface area contributed by atoms with Crippen LogP contribution in [0.3, 0.4) is 0 Å². The molecule has 2 atom stereocenters. The van der Waals surface area contributed by atoms with Gasteiger partial charge in [0.1, 0.15) is 0 Å². The van der Waals surface area contributed by atoms with Crippen molar-refractivity contribution in [2.24, 2.45) is 0 Å². The smallest absolute Gasteiger partial charge is 0.221 e. The molecule has 100 valence electrons. The van der Waals surface area contributed by atoms with Crippen LogP contribution in [0.2, 0.25) is 0 Å². The fraction of sp³-hybridized carbons (Fsp3) is 0.909. The van der Waals surface area contributed by atoms with Crippen LogP contribution in [0.15, 0.2) is 0 Å². The van der Waals surface area contributed by atoms with Crippen molar-refractivity contribution in [3.63, 3.8) is 0 Å². The van der Waals surface area contributed by atoms with E-state index in [1.165, 1.54) is 18.6 Å². The van der Waals surface area contributed by atoms with Gasteiger partial charge in [-0.15, -0.1) is 12.4 Å². The minimum Gasteiger partial charge on any atom is -0.378 e. The molecular formula is C11H21ClN2O2S. The number of rotatable bonds is 4. The standard InChI is InChI=1S/C11H20N2O2S.ClH/c14-11(6-9-8-15-4-3-12-9)13-7-10-2-1-5-16-10;/h9-10,12H,1-8H2,(H,13,14);1H. The Morgan fingerprint density at radius 2 is 2.41 bits per heavy atom. The molecule has 2 rings (SSSR count). The van der Waals surface area contributed by atoms with Crippen molar-refractivity contribution >= 4 is 30.1 Å². The molecule has 2 aliphatic rings. The maximum absolute atomic E-state index is 11.7. The highest BCUT2D eigenvalue weighted by molar-refractivity contribution is 8.00. The normalized spacial score (nSPS) is 28.5. The Kier molecular flexibility index (Phi) is 7.27. The van der Waals surface area contributed by atoms with E-state index in [-0.39, 0.29) is 24.4 Å². The molecule has 2 N–H and O–H groups in total. The van der Waals surface area contributed by atoms with Crippen LogP contribution in [0.25, 0.3) is 0 Å². The molecule has 0 bridgehead atoms. The Balaban J connectivity index is 0.00000144. The molecule has 0 aromatic carbocycles. The number of carbonyl (C=O) groups excluding carboxylic acids is 1. The zero-order valence-corrected chi connectivity index (χ0v) is 11.6. The molecular weight excluding hydrogens is 260 g/mol. The summed E-state index contributed by atoms with van der Waals surface area (Å²) in [6.07, 6.45) is 3.08. The molecule has 6 heteroatoms. The van der Waals surface area contributed by atoms with Crippen LogP contribution in [0.5, 0.6) is 0 Å². The Morgan fingerprint density at radius 3 is 3.06 bits per heavy atom. The van der Waals surface area contributed by atoms with Gasteiger partial charge in [0, 0.05) is 30.8 Å². The zero-order chi connectivity index (χ0) is 11.2. The molecule has 1 amide bonds. The van der Waals surface area contributed by atoms with Gasteiger partial charge in [-0.05, 0) is 18.6 Å². The van der Waals surface area contributed by atoms with Gasteiger partial charge in [-0.1, -0.05) is 0 Å². The number of amides is 1. The molecule has 0 aromatic rings. The van der Waals surface area contributed by atoms with E-state index in [0.717, 1.165) is 19.7 Å². The molecule has 2 fully saturated rings. The predicted molar refractivity (Wildman–Crippen MR) is 73.0 cm³/mol. The summed E-state index contributed by atoms with van der Waals surface area (Å²) >= 11 is 1.98.